The van der Waals surface area contributed by atoms with Gasteiger partial charge in [-0.05, 0) is 17.8 Å². The van der Waals surface area contributed by atoms with Crippen molar-refractivity contribution in [3.8, 4) is 0 Å². The zero-order chi connectivity index (χ0) is 15.3. The minimum absolute atomic E-state index is 0.0151. The van der Waals surface area contributed by atoms with Crippen LogP contribution in [0.25, 0.3) is 0 Å². The number of carbonyl (C=O) groups is 1. The van der Waals surface area contributed by atoms with Gasteiger partial charge in [-0.3, -0.25) is 0 Å². The summed E-state index contributed by atoms with van der Waals surface area (Å²) in [6.45, 7) is 7.69. The Labute approximate surface area is 126 Å². The van der Waals surface area contributed by atoms with Crippen molar-refractivity contribution in [3.05, 3.63) is 0 Å². The van der Waals surface area contributed by atoms with Crippen LogP contribution in [0.2, 0.25) is 0 Å². The lowest BCUT2D eigenvalue weighted by atomic mass is 9.75. The summed E-state index contributed by atoms with van der Waals surface area (Å²) in [7, 11) is -2.94. The number of rotatable bonds is 0. The Morgan fingerprint density at radius 3 is 2.43 bits per heavy atom. The third-order valence-electron chi connectivity index (χ3n) is 5.18. The molecule has 4 fully saturated rings. The van der Waals surface area contributed by atoms with Gasteiger partial charge in [0.15, 0.2) is 9.84 Å². The summed E-state index contributed by atoms with van der Waals surface area (Å²) < 4.78 is 23.0. The van der Waals surface area contributed by atoms with Gasteiger partial charge >= 0.3 is 6.03 Å². The highest BCUT2D eigenvalue weighted by molar-refractivity contribution is 7.91. The van der Waals surface area contributed by atoms with Crippen LogP contribution in [0.15, 0.2) is 0 Å². The first-order chi connectivity index (χ1) is 9.77. The largest absolute Gasteiger partial charge is 0.323 e. The molecule has 4 aliphatic rings. The van der Waals surface area contributed by atoms with Gasteiger partial charge < -0.3 is 15.1 Å². The second kappa shape index (κ2) is 5.12. The van der Waals surface area contributed by atoms with Crippen molar-refractivity contribution in [2.45, 2.75) is 26.3 Å². The summed E-state index contributed by atoms with van der Waals surface area (Å²) >= 11 is 0. The summed E-state index contributed by atoms with van der Waals surface area (Å²) in [5, 5.41) is 3.56. The first-order valence-corrected chi connectivity index (χ1v) is 9.57. The second-order valence-electron chi connectivity index (χ2n) is 7.35. The quantitative estimate of drug-likeness (QED) is 0.691. The predicted molar refractivity (Wildman–Crippen MR) is 80.9 cm³/mol. The molecule has 2 amide bonds. The monoisotopic (exact) mass is 315 g/mol. The van der Waals surface area contributed by atoms with Crippen LogP contribution in [0.4, 0.5) is 4.79 Å². The molecule has 0 radical (unpaired) electrons. The van der Waals surface area contributed by atoms with Gasteiger partial charge in [-0.15, -0.1) is 0 Å². The molecule has 7 heteroatoms. The molecule has 0 saturated carbocycles. The van der Waals surface area contributed by atoms with E-state index in [9.17, 15) is 13.2 Å². The Hall–Kier alpha value is -0.820. The summed E-state index contributed by atoms with van der Waals surface area (Å²) in [4.78, 5) is 16.3. The summed E-state index contributed by atoms with van der Waals surface area (Å²) in [5.41, 5.74) is 0.211. The van der Waals surface area contributed by atoms with E-state index >= 15 is 0 Å². The molecule has 4 saturated heterocycles. The Bertz CT molecular complexity index is 518. The highest BCUT2D eigenvalue weighted by Gasteiger charge is 2.43. The Balaban J connectivity index is 1.69. The van der Waals surface area contributed by atoms with E-state index < -0.39 is 9.84 Å². The molecule has 21 heavy (non-hydrogen) atoms. The fourth-order valence-corrected chi connectivity index (χ4v) is 5.05. The standard InChI is InChI=1S/C14H25N3O3S/c1-14(2)7-11-8-15-12(14)10-17(9-11)13(18)16-3-5-21(19,20)6-4-16/h11-12,15H,3-10H2,1-2H3/t11-,12+/m0/s1. The number of fused-ring (bicyclic) bond motifs is 4. The van der Waals surface area contributed by atoms with Crippen molar-refractivity contribution < 1.29 is 13.2 Å². The molecule has 120 valence electrons. The van der Waals surface area contributed by atoms with E-state index in [-0.39, 0.29) is 23.0 Å². The topological polar surface area (TPSA) is 69.7 Å². The number of urea groups is 1. The number of hydrogen-bond donors (Lipinski definition) is 1. The molecule has 2 atom stereocenters. The van der Waals surface area contributed by atoms with E-state index in [0.29, 0.717) is 25.0 Å². The minimum atomic E-state index is -2.94. The fourth-order valence-electron chi connectivity index (χ4n) is 3.85. The van der Waals surface area contributed by atoms with Crippen LogP contribution in [0.1, 0.15) is 20.3 Å². The van der Waals surface area contributed by atoms with Gasteiger partial charge in [-0.25, -0.2) is 13.2 Å². The van der Waals surface area contributed by atoms with Crippen molar-refractivity contribution in [2.24, 2.45) is 11.3 Å². The fraction of sp³-hybridized carbons (Fsp3) is 0.929. The van der Waals surface area contributed by atoms with E-state index in [4.69, 9.17) is 0 Å². The normalized spacial score (nSPS) is 34.6. The zero-order valence-electron chi connectivity index (χ0n) is 12.8. The van der Waals surface area contributed by atoms with E-state index in [1.807, 2.05) is 4.90 Å². The number of hydrogen-bond acceptors (Lipinski definition) is 4. The van der Waals surface area contributed by atoms with Gasteiger partial charge in [-0.2, -0.15) is 0 Å². The molecule has 0 aromatic rings. The SMILES string of the molecule is CC1(C)C[C@H]2CN[C@@H]1CN(C(=O)N1CCS(=O)(=O)CC1)C2. The Morgan fingerprint density at radius 2 is 1.81 bits per heavy atom. The highest BCUT2D eigenvalue weighted by atomic mass is 32.2. The molecule has 0 aliphatic carbocycles. The molecule has 0 unspecified atom stereocenters. The average Bonchev–Trinajstić information content (AvgIpc) is 2.66. The molecule has 1 N–H and O–H groups in total. The number of carbonyl (C=O) groups excluding carboxylic acids is 1. The van der Waals surface area contributed by atoms with E-state index in [2.05, 4.69) is 19.2 Å². The molecule has 0 aromatic heterocycles. The minimum Gasteiger partial charge on any atom is -0.323 e. The van der Waals surface area contributed by atoms with Crippen molar-refractivity contribution in [1.29, 1.82) is 0 Å². The van der Waals surface area contributed by atoms with Crippen molar-refractivity contribution in [2.75, 3.05) is 44.2 Å². The van der Waals surface area contributed by atoms with E-state index in [1.54, 1.807) is 4.90 Å². The first-order valence-electron chi connectivity index (χ1n) is 7.74. The number of nitrogens with zero attached hydrogens (tertiary/aromatic N) is 2. The van der Waals surface area contributed by atoms with Gasteiger partial charge in [0.1, 0.15) is 0 Å². The second-order valence-corrected chi connectivity index (χ2v) is 9.65. The molecule has 0 aromatic carbocycles. The number of amides is 2. The third kappa shape index (κ3) is 3.04. The maximum atomic E-state index is 12.7. The summed E-state index contributed by atoms with van der Waals surface area (Å²) in [5.74, 6) is 0.697. The third-order valence-corrected chi connectivity index (χ3v) is 6.79. The molecule has 4 heterocycles. The first kappa shape index (κ1) is 15.1. The lowest BCUT2D eigenvalue weighted by Gasteiger charge is -2.39. The molecule has 2 bridgehead atoms. The summed E-state index contributed by atoms with van der Waals surface area (Å²) in [6.07, 6.45) is 1.14. The maximum absolute atomic E-state index is 12.7. The van der Waals surface area contributed by atoms with Gasteiger partial charge in [0.2, 0.25) is 0 Å². The van der Waals surface area contributed by atoms with Crippen molar-refractivity contribution in [3.63, 3.8) is 0 Å². The predicted octanol–water partition coefficient (Wildman–Crippen LogP) is 0.157. The van der Waals surface area contributed by atoms with Crippen molar-refractivity contribution in [1.82, 2.24) is 15.1 Å². The molecule has 0 spiro atoms. The lowest BCUT2D eigenvalue weighted by Crippen LogP contribution is -2.53. The lowest BCUT2D eigenvalue weighted by molar-refractivity contribution is 0.148. The average molecular weight is 315 g/mol. The van der Waals surface area contributed by atoms with E-state index in [1.165, 1.54) is 0 Å². The van der Waals surface area contributed by atoms with Gasteiger partial charge in [0.05, 0.1) is 11.5 Å². The zero-order valence-corrected chi connectivity index (χ0v) is 13.7. The van der Waals surface area contributed by atoms with Crippen LogP contribution >= 0.6 is 0 Å². The van der Waals surface area contributed by atoms with Crippen LogP contribution in [0, 0.1) is 11.3 Å². The molecular weight excluding hydrogens is 290 g/mol. The van der Waals surface area contributed by atoms with Crippen LogP contribution in [0.5, 0.6) is 0 Å². The molecule has 6 nitrogen and oxygen atoms in total. The van der Waals surface area contributed by atoms with Gasteiger partial charge in [0, 0.05) is 38.8 Å². The van der Waals surface area contributed by atoms with Gasteiger partial charge in [0.25, 0.3) is 0 Å². The molecule has 4 rings (SSSR count). The smallest absolute Gasteiger partial charge is 0.320 e. The number of piperidine rings is 1. The Morgan fingerprint density at radius 1 is 1.14 bits per heavy atom. The van der Waals surface area contributed by atoms with Crippen LogP contribution in [0.3, 0.4) is 0 Å². The van der Waals surface area contributed by atoms with Gasteiger partial charge in [-0.1, -0.05) is 13.8 Å². The van der Waals surface area contributed by atoms with Crippen LogP contribution < -0.4 is 5.32 Å². The van der Waals surface area contributed by atoms with Crippen LogP contribution in [-0.2, 0) is 9.84 Å². The number of nitrogens with one attached hydrogen (secondary N) is 1. The van der Waals surface area contributed by atoms with Crippen molar-refractivity contribution >= 4 is 15.9 Å². The Kier molecular flexibility index (Phi) is 3.68. The van der Waals surface area contributed by atoms with Crippen LogP contribution in [-0.4, -0.2) is 74.5 Å². The highest BCUT2D eigenvalue weighted by Crippen LogP contribution is 2.37. The summed E-state index contributed by atoms with van der Waals surface area (Å²) in [6, 6.07) is 0.343. The maximum Gasteiger partial charge on any atom is 0.320 e. The molecule has 4 aliphatic heterocycles. The molecular formula is C14H25N3O3S. The number of sulfone groups is 1. The van der Waals surface area contributed by atoms with E-state index in [0.717, 1.165) is 26.1 Å².